The first kappa shape index (κ1) is 19.0. The van der Waals surface area contributed by atoms with E-state index in [0.717, 1.165) is 15.7 Å². The molecular formula is C18H18N4O3S2. The fraction of sp³-hybridized carbons (Fsp3) is 0.167. The Kier molecular flexibility index (Phi) is 6.15. The van der Waals surface area contributed by atoms with Crippen LogP contribution in [-0.4, -0.2) is 30.3 Å². The number of hydrogen-bond donors (Lipinski definition) is 2. The van der Waals surface area contributed by atoms with E-state index < -0.39 is 0 Å². The highest BCUT2D eigenvalue weighted by atomic mass is 32.2. The monoisotopic (exact) mass is 402 g/mol. The third-order valence-corrected chi connectivity index (χ3v) is 5.61. The summed E-state index contributed by atoms with van der Waals surface area (Å²) in [4.78, 5) is 12.5. The molecule has 140 valence electrons. The second kappa shape index (κ2) is 8.74. The van der Waals surface area contributed by atoms with E-state index in [9.17, 15) is 4.79 Å². The highest BCUT2D eigenvalue weighted by Crippen LogP contribution is 2.30. The number of hydrogen-bond acceptors (Lipinski definition) is 8. The molecule has 3 rings (SSSR count). The molecule has 0 fully saturated rings. The molecule has 0 saturated carbocycles. The van der Waals surface area contributed by atoms with Gasteiger partial charge in [0.05, 0.1) is 19.9 Å². The number of nitrogen functional groups attached to an aromatic ring is 1. The van der Waals surface area contributed by atoms with Gasteiger partial charge in [-0.25, -0.2) is 0 Å². The Morgan fingerprint density at radius 1 is 1.15 bits per heavy atom. The van der Waals surface area contributed by atoms with Crippen molar-refractivity contribution < 1.29 is 14.3 Å². The first-order valence-corrected chi connectivity index (χ1v) is 9.73. The van der Waals surface area contributed by atoms with E-state index in [1.54, 1.807) is 56.3 Å². The maximum atomic E-state index is 12.5. The fourth-order valence-electron chi connectivity index (χ4n) is 2.28. The zero-order chi connectivity index (χ0) is 19.2. The van der Waals surface area contributed by atoms with E-state index >= 15 is 0 Å². The van der Waals surface area contributed by atoms with Crippen LogP contribution in [0.25, 0.3) is 0 Å². The summed E-state index contributed by atoms with van der Waals surface area (Å²) in [6.07, 6.45) is 0. The second-order valence-corrected chi connectivity index (χ2v) is 7.64. The molecule has 0 aliphatic heterocycles. The lowest BCUT2D eigenvalue weighted by Crippen LogP contribution is -2.12. The van der Waals surface area contributed by atoms with Gasteiger partial charge < -0.3 is 20.5 Å². The number of nitrogens with one attached hydrogen (secondary N) is 1. The number of amides is 1. The van der Waals surface area contributed by atoms with Gasteiger partial charge >= 0.3 is 0 Å². The maximum absolute atomic E-state index is 12.5. The molecule has 0 aliphatic carbocycles. The average molecular weight is 403 g/mol. The van der Waals surface area contributed by atoms with Gasteiger partial charge in [-0.2, -0.15) is 0 Å². The lowest BCUT2D eigenvalue weighted by atomic mass is 10.1. The van der Waals surface area contributed by atoms with E-state index in [2.05, 4.69) is 15.5 Å². The van der Waals surface area contributed by atoms with Gasteiger partial charge in [-0.3, -0.25) is 4.79 Å². The van der Waals surface area contributed by atoms with Crippen molar-refractivity contribution in [1.29, 1.82) is 0 Å². The number of nitrogens with two attached hydrogens (primary N) is 1. The van der Waals surface area contributed by atoms with Crippen LogP contribution in [-0.2, 0) is 5.75 Å². The molecule has 0 aliphatic rings. The first-order valence-electron chi connectivity index (χ1n) is 7.93. The molecule has 7 nitrogen and oxygen atoms in total. The van der Waals surface area contributed by atoms with Gasteiger partial charge in [0.15, 0.2) is 4.34 Å². The normalized spacial score (nSPS) is 10.4. The van der Waals surface area contributed by atoms with Crippen molar-refractivity contribution in [2.45, 2.75) is 10.1 Å². The Hall–Kier alpha value is -2.78. The summed E-state index contributed by atoms with van der Waals surface area (Å²) >= 11 is 2.91. The Bertz CT molecular complexity index is 929. The molecule has 0 saturated heterocycles. The lowest BCUT2D eigenvalue weighted by Gasteiger charge is -2.12. The van der Waals surface area contributed by atoms with E-state index in [4.69, 9.17) is 15.2 Å². The highest BCUT2D eigenvalue weighted by molar-refractivity contribution is 8.00. The molecule has 0 spiro atoms. The molecule has 3 N–H and O–H groups in total. The Morgan fingerprint density at radius 2 is 1.93 bits per heavy atom. The number of carbonyl (C=O) groups excluding carboxylic acids is 1. The standard InChI is InChI=1S/C18H18N4O3S2/c1-24-13-7-8-15(25-2)14(9-13)20-16(23)12-5-3-11(4-6-12)10-26-18-22-21-17(19)27-18/h3-9H,10H2,1-2H3,(H2,19,21)(H,20,23). The summed E-state index contributed by atoms with van der Waals surface area (Å²) in [6.45, 7) is 0. The molecule has 1 aromatic heterocycles. The number of aromatic nitrogens is 2. The third-order valence-electron chi connectivity index (χ3n) is 3.66. The SMILES string of the molecule is COc1ccc(OC)c(NC(=O)c2ccc(CSc3nnc(N)s3)cc2)c1. The van der Waals surface area contributed by atoms with Gasteiger partial charge in [0.2, 0.25) is 5.13 Å². The number of anilines is 2. The number of thioether (sulfide) groups is 1. The number of nitrogens with zero attached hydrogens (tertiary/aromatic N) is 2. The topological polar surface area (TPSA) is 99.4 Å². The Balaban J connectivity index is 1.65. The minimum atomic E-state index is -0.224. The molecule has 1 heterocycles. The predicted molar refractivity (Wildman–Crippen MR) is 108 cm³/mol. The van der Waals surface area contributed by atoms with Crippen molar-refractivity contribution in [2.75, 3.05) is 25.3 Å². The molecule has 2 aromatic carbocycles. The van der Waals surface area contributed by atoms with Crippen LogP contribution >= 0.6 is 23.1 Å². The largest absolute Gasteiger partial charge is 0.497 e. The summed E-state index contributed by atoms with van der Waals surface area (Å²) < 4.78 is 11.3. The molecular weight excluding hydrogens is 384 g/mol. The minimum absolute atomic E-state index is 0.224. The van der Waals surface area contributed by atoms with Gasteiger partial charge in [0, 0.05) is 17.4 Å². The van der Waals surface area contributed by atoms with Crippen LogP contribution in [0.2, 0.25) is 0 Å². The van der Waals surface area contributed by atoms with Crippen molar-refractivity contribution in [1.82, 2.24) is 10.2 Å². The van der Waals surface area contributed by atoms with Crippen molar-refractivity contribution in [2.24, 2.45) is 0 Å². The van der Waals surface area contributed by atoms with Gasteiger partial charge in [0.1, 0.15) is 11.5 Å². The molecule has 0 unspecified atom stereocenters. The van der Waals surface area contributed by atoms with Crippen LogP contribution in [0.3, 0.4) is 0 Å². The summed E-state index contributed by atoms with van der Waals surface area (Å²) in [7, 11) is 3.12. The van der Waals surface area contributed by atoms with Crippen molar-refractivity contribution in [3.05, 3.63) is 53.6 Å². The first-order chi connectivity index (χ1) is 13.1. The van der Waals surface area contributed by atoms with E-state index in [-0.39, 0.29) is 5.91 Å². The van der Waals surface area contributed by atoms with E-state index in [1.807, 2.05) is 12.1 Å². The molecule has 9 heteroatoms. The molecule has 3 aromatic rings. The van der Waals surface area contributed by atoms with Crippen LogP contribution in [0, 0.1) is 0 Å². The molecule has 27 heavy (non-hydrogen) atoms. The average Bonchev–Trinajstić information content (AvgIpc) is 3.12. The number of ether oxygens (including phenoxy) is 2. The van der Waals surface area contributed by atoms with Gasteiger partial charge in [0.25, 0.3) is 5.91 Å². The Morgan fingerprint density at radius 3 is 2.56 bits per heavy atom. The van der Waals surface area contributed by atoms with Crippen LogP contribution in [0.5, 0.6) is 11.5 Å². The number of rotatable bonds is 7. The van der Waals surface area contributed by atoms with Gasteiger partial charge in [-0.1, -0.05) is 35.2 Å². The van der Waals surface area contributed by atoms with E-state index in [1.165, 1.54) is 11.3 Å². The van der Waals surface area contributed by atoms with Crippen LogP contribution in [0.1, 0.15) is 15.9 Å². The second-order valence-electron chi connectivity index (χ2n) is 5.41. The van der Waals surface area contributed by atoms with Crippen LogP contribution in [0.4, 0.5) is 10.8 Å². The summed E-state index contributed by atoms with van der Waals surface area (Å²) in [5.74, 6) is 1.70. The molecule has 0 atom stereocenters. The van der Waals surface area contributed by atoms with Crippen molar-refractivity contribution in [3.8, 4) is 11.5 Å². The van der Waals surface area contributed by atoms with Crippen LogP contribution in [0.15, 0.2) is 46.8 Å². The zero-order valence-corrected chi connectivity index (χ0v) is 16.4. The number of carbonyl (C=O) groups is 1. The Labute approximate surface area is 164 Å². The summed E-state index contributed by atoms with van der Waals surface area (Å²) in [6, 6.07) is 12.6. The molecule has 0 radical (unpaired) electrons. The smallest absolute Gasteiger partial charge is 0.255 e. The quantitative estimate of drug-likeness (QED) is 0.582. The predicted octanol–water partition coefficient (Wildman–Crippen LogP) is 3.68. The van der Waals surface area contributed by atoms with Crippen LogP contribution < -0.4 is 20.5 Å². The number of benzene rings is 2. The zero-order valence-electron chi connectivity index (χ0n) is 14.8. The van der Waals surface area contributed by atoms with Crippen molar-refractivity contribution in [3.63, 3.8) is 0 Å². The van der Waals surface area contributed by atoms with Gasteiger partial charge in [-0.05, 0) is 29.8 Å². The maximum Gasteiger partial charge on any atom is 0.255 e. The summed E-state index contributed by atoms with van der Waals surface area (Å²) in [5.41, 5.74) is 7.75. The van der Waals surface area contributed by atoms with E-state index in [0.29, 0.717) is 27.9 Å². The summed E-state index contributed by atoms with van der Waals surface area (Å²) in [5, 5.41) is 11.1. The number of methoxy groups -OCH3 is 2. The molecule has 0 bridgehead atoms. The lowest BCUT2D eigenvalue weighted by molar-refractivity contribution is 0.102. The molecule has 1 amide bonds. The van der Waals surface area contributed by atoms with Crippen molar-refractivity contribution >= 4 is 39.8 Å². The van der Waals surface area contributed by atoms with Gasteiger partial charge in [-0.15, -0.1) is 10.2 Å². The fourth-order valence-corrected chi connectivity index (χ4v) is 3.87. The third kappa shape index (κ3) is 4.89. The highest BCUT2D eigenvalue weighted by Gasteiger charge is 2.11. The minimum Gasteiger partial charge on any atom is -0.497 e.